The van der Waals surface area contributed by atoms with Crippen LogP contribution in [0.15, 0.2) is 109 Å². The van der Waals surface area contributed by atoms with Crippen LogP contribution in [0.4, 0.5) is 0 Å². The van der Waals surface area contributed by atoms with E-state index in [1.54, 1.807) is 11.1 Å². The van der Waals surface area contributed by atoms with Crippen molar-refractivity contribution < 1.29 is 23.3 Å². The maximum absolute atomic E-state index is 3.49. The molecule has 2 fully saturated rings. The van der Waals surface area contributed by atoms with Crippen molar-refractivity contribution in [3.8, 4) is 22.3 Å². The van der Waals surface area contributed by atoms with Crippen molar-refractivity contribution in [3.63, 3.8) is 0 Å². The third-order valence-corrected chi connectivity index (χ3v) is 16.9. The average Bonchev–Trinajstić information content (AvgIpc) is 3.61. The van der Waals surface area contributed by atoms with Gasteiger partial charge in [0.2, 0.25) is 0 Å². The summed E-state index contributed by atoms with van der Waals surface area (Å²) in [6.07, 6.45) is 20.7. The Hall–Kier alpha value is -1.79. The van der Waals surface area contributed by atoms with Crippen LogP contribution in [0.2, 0.25) is 39.3 Å². The Balaban J connectivity index is 0.000000371. The zero-order valence-corrected chi connectivity index (χ0v) is 46.8. The van der Waals surface area contributed by atoms with Crippen LogP contribution >= 0.6 is 24.8 Å². The molecule has 0 atom stereocenters. The fourth-order valence-electron chi connectivity index (χ4n) is 9.44. The zero-order chi connectivity index (χ0) is 42.4. The number of hydrogen-bond acceptors (Lipinski definition) is 0. The van der Waals surface area contributed by atoms with Gasteiger partial charge in [0.05, 0.1) is 16.1 Å². The van der Waals surface area contributed by atoms with Gasteiger partial charge in [-0.15, -0.1) is 93.9 Å². The van der Waals surface area contributed by atoms with Crippen molar-refractivity contribution in [1.29, 1.82) is 0 Å². The zero-order valence-electron chi connectivity index (χ0n) is 39.7. The van der Waals surface area contributed by atoms with E-state index < -0.39 is 16.1 Å². The molecule has 0 heterocycles. The van der Waals surface area contributed by atoms with E-state index in [0.717, 1.165) is 18.3 Å². The first-order valence-corrected chi connectivity index (χ1v) is 34.2. The summed E-state index contributed by atoms with van der Waals surface area (Å²) < 4.78 is 0. The monoisotopic (exact) mass is 994 g/mol. The molecule has 6 heteroatoms. The van der Waals surface area contributed by atoms with E-state index in [9.17, 15) is 0 Å². The van der Waals surface area contributed by atoms with Crippen LogP contribution in [0.3, 0.4) is 0 Å². The van der Waals surface area contributed by atoms with Crippen molar-refractivity contribution in [2.24, 2.45) is 11.8 Å². The predicted molar refractivity (Wildman–Crippen MR) is 288 cm³/mol. The van der Waals surface area contributed by atoms with E-state index in [2.05, 4.69) is 162 Å². The molecular formula is C56H78Cl2Si3Zr-4. The van der Waals surface area contributed by atoms with Crippen LogP contribution < -0.4 is 10.4 Å². The van der Waals surface area contributed by atoms with Gasteiger partial charge in [-0.3, -0.25) is 0 Å². The van der Waals surface area contributed by atoms with Crippen LogP contribution in [0.5, 0.6) is 0 Å². The van der Waals surface area contributed by atoms with E-state index in [0.29, 0.717) is 0 Å². The molecule has 0 unspecified atom stereocenters. The van der Waals surface area contributed by atoms with Gasteiger partial charge in [-0.25, -0.2) is 0 Å². The van der Waals surface area contributed by atoms with E-state index >= 15 is 0 Å². The summed E-state index contributed by atoms with van der Waals surface area (Å²) in [5.74, 6) is 1.78. The first-order chi connectivity index (χ1) is 28.4. The van der Waals surface area contributed by atoms with Gasteiger partial charge in [0.25, 0.3) is 0 Å². The van der Waals surface area contributed by atoms with Crippen LogP contribution in [0, 0.1) is 26.2 Å². The second kappa shape index (κ2) is 27.6. The third kappa shape index (κ3) is 16.3. The Morgan fingerprint density at radius 2 is 0.839 bits per heavy atom. The molecule has 0 nitrogen and oxygen atoms in total. The molecule has 2 aliphatic carbocycles. The van der Waals surface area contributed by atoms with Gasteiger partial charge in [-0.05, 0) is 35.8 Å². The molecule has 62 heavy (non-hydrogen) atoms. The summed E-state index contributed by atoms with van der Waals surface area (Å²) in [5, 5.41) is 8.75. The van der Waals surface area contributed by atoms with Gasteiger partial charge in [-0.1, -0.05) is 205 Å². The normalized spacial score (nSPS) is 14.8. The summed E-state index contributed by atoms with van der Waals surface area (Å²) in [6, 6.07) is 42.2. The fourth-order valence-corrected chi connectivity index (χ4v) is 11.8. The van der Waals surface area contributed by atoms with Crippen molar-refractivity contribution >= 4 is 79.8 Å². The quantitative estimate of drug-likeness (QED) is 0.0810. The fraction of sp³-hybridized carbons (Fsp3) is 0.429. The molecule has 6 aromatic rings. The van der Waals surface area contributed by atoms with Crippen LogP contribution in [-0.4, -0.2) is 23.0 Å². The molecular weight excluding hydrogens is 919 g/mol. The molecule has 0 amide bonds. The van der Waals surface area contributed by atoms with Gasteiger partial charge in [-0.2, -0.15) is 18.6 Å². The van der Waals surface area contributed by atoms with Gasteiger partial charge in [0.1, 0.15) is 0 Å². The molecule has 0 bridgehead atoms. The third-order valence-electron chi connectivity index (χ3n) is 12.7. The molecule has 2 saturated carbocycles. The second-order valence-electron chi connectivity index (χ2n) is 19.6. The van der Waals surface area contributed by atoms with E-state index in [-0.39, 0.29) is 32.2 Å². The average molecular weight is 998 g/mol. The summed E-state index contributed by atoms with van der Waals surface area (Å²) in [4.78, 5) is 0. The minimum atomic E-state index is -1.24. The van der Waals surface area contributed by atoms with Crippen LogP contribution in [0.1, 0.15) is 102 Å². The molecule has 0 aromatic heterocycles. The molecule has 6 aromatic carbocycles. The topological polar surface area (TPSA) is 0 Å². The van der Waals surface area contributed by atoms with Crippen molar-refractivity contribution in [2.75, 3.05) is 0 Å². The molecule has 336 valence electrons. The van der Waals surface area contributed by atoms with Crippen LogP contribution in [0.25, 0.3) is 43.8 Å². The number of halogens is 2. The standard InChI is InChI=1S/2C26H33Si.C3H7.CH3.2ClH.Si.Zr/c2*1-27(2,3)24-15-13-22(14-16-24)25-12-8-11-23-18-21(19-26(23)25)17-20-9-6-4-5-7-10-20;1-3-2;;;;;/h2*8,11-16,18-20H,4-7,9-10,17H2,1-3H3;1,3H2,2H3;1H3;2*1H;;/q4*-1;;;;. The first-order valence-electron chi connectivity index (χ1n) is 23.1. The minimum absolute atomic E-state index is 0. The molecule has 8 rings (SSSR count). The van der Waals surface area contributed by atoms with Gasteiger partial charge < -0.3 is 14.4 Å². The van der Waals surface area contributed by atoms with Crippen molar-refractivity contribution in [1.82, 2.24) is 0 Å². The first kappa shape index (κ1) is 56.3. The van der Waals surface area contributed by atoms with Gasteiger partial charge in [0, 0.05) is 0 Å². The Kier molecular flexibility index (Phi) is 25.1. The Morgan fingerprint density at radius 3 is 1.13 bits per heavy atom. The van der Waals surface area contributed by atoms with E-state index in [1.165, 1.54) is 167 Å². The van der Waals surface area contributed by atoms with Crippen LogP contribution in [-0.2, 0) is 36.2 Å². The van der Waals surface area contributed by atoms with Crippen molar-refractivity contribution in [2.45, 2.75) is 143 Å². The number of fused-ring (bicyclic) bond motifs is 2. The predicted octanol–water partition coefficient (Wildman–Crippen LogP) is 16.7. The second-order valence-corrected chi connectivity index (χ2v) is 29.8. The summed E-state index contributed by atoms with van der Waals surface area (Å²) in [6.45, 7) is 23.1. The molecule has 0 N–H and O–H groups in total. The number of rotatable bonds is 8. The Bertz CT molecular complexity index is 1980. The van der Waals surface area contributed by atoms with Gasteiger partial charge >= 0.3 is 30.2 Å². The van der Waals surface area contributed by atoms with E-state index in [4.69, 9.17) is 0 Å². The number of hydrogen-bond donors (Lipinski definition) is 0. The van der Waals surface area contributed by atoms with Gasteiger partial charge in [0.15, 0.2) is 0 Å². The molecule has 2 aliphatic rings. The Morgan fingerprint density at radius 1 is 0.532 bits per heavy atom. The summed E-state index contributed by atoms with van der Waals surface area (Å²) in [5.41, 5.74) is 8.58. The Labute approximate surface area is 411 Å². The SMILES string of the molecule is C[Si](C)(C)c1ccc(-c2cccc3[cH-]c(CC4CCCCCC4)cc23)cc1.C[Si](C)(C)c1ccc(-c2cccc3[cH-]c(CC4CCCCCC4)cc23)cc1.Cl.Cl.[CH2-]CC.[CH3-].[Si]=[Zr]. The molecule has 0 spiro atoms. The summed E-state index contributed by atoms with van der Waals surface area (Å²) in [7, 11) is -2.47. The molecule has 0 saturated heterocycles. The summed E-state index contributed by atoms with van der Waals surface area (Å²) >= 11 is 1.36. The maximum atomic E-state index is 3.49. The van der Waals surface area contributed by atoms with E-state index in [1.807, 2.05) is 6.92 Å². The number of benzene rings is 4. The molecule has 2 radical (unpaired) electrons. The van der Waals surface area contributed by atoms with Crippen molar-refractivity contribution in [3.05, 3.63) is 135 Å². The molecule has 0 aliphatic heterocycles.